The summed E-state index contributed by atoms with van der Waals surface area (Å²) in [5.74, 6) is 0.823. The number of carbonyl (C=O) groups excluding carboxylic acids is 1. The zero-order valence-corrected chi connectivity index (χ0v) is 29.5. The molecule has 4 aromatic rings. The van der Waals surface area contributed by atoms with Gasteiger partial charge in [-0.3, -0.25) is 4.68 Å². The molecular formula is C33H43ClN8O3Si. The van der Waals surface area contributed by atoms with Crippen molar-refractivity contribution in [1.29, 1.82) is 5.26 Å². The smallest absolute Gasteiger partial charge is 0.407 e. The first kappa shape index (κ1) is 32.3. The molecule has 5 heterocycles. The summed E-state index contributed by atoms with van der Waals surface area (Å²) in [5, 5.41) is 18.5. The number of amides is 1. The van der Waals surface area contributed by atoms with Gasteiger partial charge >= 0.3 is 6.09 Å². The molecule has 6 rings (SSSR count). The average molecular weight is 663 g/mol. The lowest BCUT2D eigenvalue weighted by atomic mass is 9.97. The van der Waals surface area contributed by atoms with Crippen LogP contribution in [0, 0.1) is 11.3 Å². The van der Waals surface area contributed by atoms with E-state index in [1.807, 2.05) is 49.9 Å². The van der Waals surface area contributed by atoms with Gasteiger partial charge in [0.1, 0.15) is 35.4 Å². The van der Waals surface area contributed by atoms with Crippen molar-refractivity contribution in [2.45, 2.75) is 103 Å². The van der Waals surface area contributed by atoms with E-state index in [9.17, 15) is 10.1 Å². The van der Waals surface area contributed by atoms with Gasteiger partial charge in [-0.2, -0.15) is 10.4 Å². The first-order valence-electron chi connectivity index (χ1n) is 16.0. The average Bonchev–Trinajstić information content (AvgIpc) is 3.57. The third-order valence-electron chi connectivity index (χ3n) is 8.83. The summed E-state index contributed by atoms with van der Waals surface area (Å²) in [7, 11) is 0.485. The number of nitrogens with zero attached hydrogens (tertiary/aromatic N) is 7. The lowest BCUT2D eigenvalue weighted by molar-refractivity contribution is 0.0492. The highest BCUT2D eigenvalue weighted by atomic mass is 35.5. The molecule has 1 aromatic carbocycles. The van der Waals surface area contributed by atoms with Crippen LogP contribution in [0.5, 0.6) is 0 Å². The Bertz CT molecular complexity index is 1820. The fraction of sp³-hybridized carbons (Fsp3) is 0.545. The molecule has 2 unspecified atom stereocenters. The van der Waals surface area contributed by atoms with E-state index in [0.717, 1.165) is 59.8 Å². The first-order valence-corrected chi connectivity index (χ1v) is 20.1. The summed E-state index contributed by atoms with van der Waals surface area (Å²) in [4.78, 5) is 25.1. The maximum absolute atomic E-state index is 12.5. The normalized spacial score (nSPS) is 20.0. The Morgan fingerprint density at radius 3 is 2.54 bits per heavy atom. The van der Waals surface area contributed by atoms with Crippen molar-refractivity contribution < 1.29 is 14.3 Å². The second-order valence-electron chi connectivity index (χ2n) is 14.8. The number of nitriles is 1. The number of aromatic nitrogens is 5. The van der Waals surface area contributed by atoms with E-state index in [1.54, 1.807) is 11.7 Å². The Kier molecular flexibility index (Phi) is 8.54. The molecule has 0 saturated carbocycles. The van der Waals surface area contributed by atoms with Crippen LogP contribution in [0.4, 0.5) is 10.6 Å². The number of nitrogens with one attached hydrogen (secondary N) is 1. The van der Waals surface area contributed by atoms with E-state index in [4.69, 9.17) is 31.0 Å². The Labute approximate surface area is 275 Å². The zero-order valence-electron chi connectivity index (χ0n) is 27.7. The van der Waals surface area contributed by atoms with Gasteiger partial charge in [0.2, 0.25) is 0 Å². The quantitative estimate of drug-likeness (QED) is 0.161. The minimum atomic E-state index is -1.26. The number of anilines is 1. The van der Waals surface area contributed by atoms with Crippen molar-refractivity contribution in [3.8, 4) is 17.2 Å². The summed E-state index contributed by atoms with van der Waals surface area (Å²) in [5.41, 5.74) is 3.57. The Morgan fingerprint density at radius 1 is 1.17 bits per heavy atom. The number of piperidine rings is 1. The topological polar surface area (TPSA) is 123 Å². The molecule has 2 atom stereocenters. The van der Waals surface area contributed by atoms with Gasteiger partial charge in [0.25, 0.3) is 0 Å². The largest absolute Gasteiger partial charge is 0.444 e. The molecule has 0 aliphatic carbocycles. The molecule has 2 bridgehead atoms. The molecule has 0 radical (unpaired) electrons. The molecule has 2 fully saturated rings. The number of hydrogen-bond acceptors (Lipinski definition) is 8. The van der Waals surface area contributed by atoms with Gasteiger partial charge in [-0.05, 0) is 58.6 Å². The molecular weight excluding hydrogens is 620 g/mol. The minimum Gasteiger partial charge on any atom is -0.444 e. The van der Waals surface area contributed by atoms with Crippen molar-refractivity contribution in [1.82, 2.24) is 29.6 Å². The number of hydrogen-bond donors (Lipinski definition) is 1. The number of halogens is 1. The predicted octanol–water partition coefficient (Wildman–Crippen LogP) is 6.85. The second-order valence-corrected chi connectivity index (χ2v) is 20.8. The van der Waals surface area contributed by atoms with E-state index in [1.165, 1.54) is 0 Å². The van der Waals surface area contributed by atoms with Gasteiger partial charge in [0, 0.05) is 57.2 Å². The monoisotopic (exact) mass is 662 g/mol. The Balaban J connectivity index is 1.33. The lowest BCUT2D eigenvalue weighted by Gasteiger charge is -2.39. The van der Waals surface area contributed by atoms with Crippen LogP contribution in [0.2, 0.25) is 30.7 Å². The van der Waals surface area contributed by atoms with Crippen molar-refractivity contribution in [2.24, 2.45) is 7.05 Å². The molecule has 46 heavy (non-hydrogen) atoms. The van der Waals surface area contributed by atoms with Crippen LogP contribution in [0.1, 0.15) is 52.1 Å². The molecule has 1 N–H and O–H groups in total. The number of rotatable bonds is 8. The summed E-state index contributed by atoms with van der Waals surface area (Å²) < 4.78 is 15.3. The summed E-state index contributed by atoms with van der Waals surface area (Å²) >= 11 is 7.01. The highest BCUT2D eigenvalue weighted by Gasteiger charge is 2.42. The van der Waals surface area contributed by atoms with Crippen LogP contribution < -0.4 is 10.2 Å². The summed E-state index contributed by atoms with van der Waals surface area (Å²) in [6, 6.07) is 7.66. The van der Waals surface area contributed by atoms with Gasteiger partial charge in [-0.15, -0.1) is 0 Å². The highest BCUT2D eigenvalue weighted by molar-refractivity contribution is 6.76. The van der Waals surface area contributed by atoms with Gasteiger partial charge < -0.3 is 24.3 Å². The van der Waals surface area contributed by atoms with Crippen molar-refractivity contribution in [3.05, 3.63) is 35.2 Å². The third-order valence-corrected chi connectivity index (χ3v) is 10.9. The van der Waals surface area contributed by atoms with Crippen LogP contribution in [0.25, 0.3) is 33.2 Å². The molecule has 13 heteroatoms. The van der Waals surface area contributed by atoms with Gasteiger partial charge in [0.15, 0.2) is 5.65 Å². The van der Waals surface area contributed by atoms with E-state index in [0.29, 0.717) is 35.0 Å². The Morgan fingerprint density at radius 2 is 1.89 bits per heavy atom. The molecule has 1 amide bonds. The van der Waals surface area contributed by atoms with Gasteiger partial charge in [0.05, 0.1) is 22.1 Å². The van der Waals surface area contributed by atoms with Crippen molar-refractivity contribution >= 4 is 53.7 Å². The molecule has 2 aliphatic heterocycles. The second kappa shape index (κ2) is 12.2. The fourth-order valence-electron chi connectivity index (χ4n) is 6.73. The number of aryl methyl sites for hydroxylation is 1. The number of benzene rings is 1. The van der Waals surface area contributed by atoms with Gasteiger partial charge in [-0.1, -0.05) is 37.3 Å². The van der Waals surface area contributed by atoms with Crippen molar-refractivity contribution in [2.75, 3.05) is 11.5 Å². The molecule has 3 aromatic heterocycles. The molecule has 0 spiro atoms. The first-order chi connectivity index (χ1) is 21.7. The number of fused-ring (bicyclic) bond motifs is 4. The molecule has 2 aliphatic rings. The van der Waals surface area contributed by atoms with Crippen LogP contribution in [0.3, 0.4) is 0 Å². The van der Waals surface area contributed by atoms with Crippen LogP contribution >= 0.6 is 11.6 Å². The Hall–Kier alpha value is -3.66. The highest BCUT2D eigenvalue weighted by Crippen LogP contribution is 2.42. The summed E-state index contributed by atoms with van der Waals surface area (Å²) in [6.07, 6.45) is 7.20. The standard InChI is InChI=1S/C33H43ClN8O3Si/c1-33(2,3)45-32(43)37-20-14-21-8-9-22(15-20)42(21)27-17-36-30-24(18-41(31(30)38-27)19-44-12-13-46(5,6)7)23-10-11-25-28(29(23)34)26(16-35)40(4)39-25/h10-11,17-18,20-22H,8-9,12-15,19H2,1-7H3,(H,37,43). The minimum absolute atomic E-state index is 0.0540. The van der Waals surface area contributed by atoms with E-state index in [-0.39, 0.29) is 24.2 Å². The predicted molar refractivity (Wildman–Crippen MR) is 183 cm³/mol. The molecule has 244 valence electrons. The molecule has 11 nitrogen and oxygen atoms in total. The van der Waals surface area contributed by atoms with Crippen LogP contribution in [-0.4, -0.2) is 68.8 Å². The maximum Gasteiger partial charge on any atom is 0.407 e. The maximum atomic E-state index is 12.5. The number of carbonyl (C=O) groups is 1. The number of ether oxygens (including phenoxy) is 2. The van der Waals surface area contributed by atoms with Crippen molar-refractivity contribution in [3.63, 3.8) is 0 Å². The third kappa shape index (κ3) is 6.45. The van der Waals surface area contributed by atoms with Gasteiger partial charge in [-0.25, -0.2) is 14.8 Å². The molecule has 2 saturated heterocycles. The lowest BCUT2D eigenvalue weighted by Crippen LogP contribution is -2.51. The zero-order chi connectivity index (χ0) is 33.0. The van der Waals surface area contributed by atoms with Crippen LogP contribution in [0.15, 0.2) is 24.5 Å². The van der Waals surface area contributed by atoms with E-state index >= 15 is 0 Å². The van der Waals surface area contributed by atoms with E-state index in [2.05, 4.69) is 41.0 Å². The fourth-order valence-corrected chi connectivity index (χ4v) is 7.84. The number of alkyl carbamates (subject to hydrolysis) is 1. The summed E-state index contributed by atoms with van der Waals surface area (Å²) in [6.45, 7) is 13.7. The SMILES string of the molecule is Cn1nc2ccc(-c3cn(COCC[Si](C)(C)C)c4nc(N5C6CCC5CC(NC(=O)OC(C)(C)C)C6)cnc34)c(Cl)c2c1C#N. The van der Waals surface area contributed by atoms with E-state index < -0.39 is 13.7 Å². The van der Waals surface area contributed by atoms with Crippen LogP contribution in [-0.2, 0) is 23.3 Å².